The second-order valence-corrected chi connectivity index (χ2v) is 7.42. The molecule has 128 valence electrons. The molecule has 2 aromatic rings. The molecule has 0 unspecified atom stereocenters. The number of aromatic nitrogens is 1. The summed E-state index contributed by atoms with van der Waals surface area (Å²) in [6.45, 7) is 0.776. The number of aryl methyl sites for hydroxylation is 1. The zero-order valence-electron chi connectivity index (χ0n) is 14.7. The van der Waals surface area contributed by atoms with Gasteiger partial charge in [0, 0.05) is 43.4 Å². The molecule has 1 aliphatic carbocycles. The van der Waals surface area contributed by atoms with Crippen LogP contribution >= 0.6 is 11.8 Å². The van der Waals surface area contributed by atoms with Crippen molar-refractivity contribution in [1.29, 1.82) is 0 Å². The maximum atomic E-state index is 12.3. The fourth-order valence-electron chi connectivity index (χ4n) is 2.64. The molecule has 1 saturated carbocycles. The summed E-state index contributed by atoms with van der Waals surface area (Å²) < 4.78 is 7.72. The normalized spacial score (nSPS) is 13.8. The number of thioether (sulfide) groups is 1. The molecule has 0 saturated heterocycles. The maximum Gasteiger partial charge on any atom is 0.273 e. The topological polar surface area (TPSA) is 34.5 Å². The Bertz CT molecular complexity index is 794. The van der Waals surface area contributed by atoms with Crippen LogP contribution in [-0.4, -0.2) is 31.5 Å². The van der Waals surface area contributed by atoms with Crippen molar-refractivity contribution < 1.29 is 4.74 Å². The second kappa shape index (κ2) is 6.93. The summed E-state index contributed by atoms with van der Waals surface area (Å²) in [6, 6.07) is 8.23. The molecule has 5 heteroatoms. The zero-order chi connectivity index (χ0) is 17.3. The fraction of sp³-hybridized carbons (Fsp3) is 0.421. The lowest BCUT2D eigenvalue weighted by Crippen LogP contribution is -2.25. The number of nitrogens with zero attached hydrogens (tertiary/aromatic N) is 2. The van der Waals surface area contributed by atoms with Gasteiger partial charge in [0.05, 0.1) is 6.61 Å². The molecule has 1 aliphatic rings. The van der Waals surface area contributed by atoms with Crippen LogP contribution in [0, 0.1) is 5.92 Å². The number of ether oxygens (including phenoxy) is 1. The van der Waals surface area contributed by atoms with E-state index < -0.39 is 0 Å². The average Bonchev–Trinajstić information content (AvgIpc) is 3.39. The molecule has 1 heterocycles. The van der Waals surface area contributed by atoms with Gasteiger partial charge in [-0.1, -0.05) is 0 Å². The maximum absolute atomic E-state index is 12.3. The van der Waals surface area contributed by atoms with Crippen molar-refractivity contribution >= 4 is 17.4 Å². The summed E-state index contributed by atoms with van der Waals surface area (Å²) in [5.74, 6) is 1.60. The van der Waals surface area contributed by atoms with Crippen LogP contribution in [0.3, 0.4) is 0 Å². The summed E-state index contributed by atoms with van der Waals surface area (Å²) >= 11 is 1.71. The number of anilines is 1. The molecular formula is C19H24N2O2S. The van der Waals surface area contributed by atoms with Gasteiger partial charge in [0.2, 0.25) is 0 Å². The highest BCUT2D eigenvalue weighted by molar-refractivity contribution is 7.98. The van der Waals surface area contributed by atoms with Gasteiger partial charge in [0.1, 0.15) is 11.4 Å². The Morgan fingerprint density at radius 3 is 2.67 bits per heavy atom. The molecular weight excluding hydrogens is 320 g/mol. The molecule has 0 amide bonds. The summed E-state index contributed by atoms with van der Waals surface area (Å²) in [6.07, 6.45) is 6.49. The first-order chi connectivity index (χ1) is 11.5. The molecule has 0 spiro atoms. The molecule has 1 aromatic carbocycles. The number of rotatable bonds is 6. The van der Waals surface area contributed by atoms with Crippen LogP contribution in [0.4, 0.5) is 5.69 Å². The van der Waals surface area contributed by atoms with Crippen LogP contribution in [0.15, 0.2) is 40.2 Å². The Hall–Kier alpha value is -1.88. The minimum atomic E-state index is 0.00483. The Morgan fingerprint density at radius 1 is 1.29 bits per heavy atom. The van der Waals surface area contributed by atoms with Gasteiger partial charge in [-0.05, 0) is 49.3 Å². The third kappa shape index (κ3) is 3.61. The van der Waals surface area contributed by atoms with Crippen LogP contribution < -0.4 is 15.2 Å². The monoisotopic (exact) mass is 344 g/mol. The summed E-state index contributed by atoms with van der Waals surface area (Å²) in [5, 5.41) is 0. The molecule has 0 aliphatic heterocycles. The van der Waals surface area contributed by atoms with E-state index in [-0.39, 0.29) is 5.56 Å². The minimum Gasteiger partial charge on any atom is -0.493 e. The average molecular weight is 344 g/mol. The number of pyridine rings is 1. The molecule has 4 nitrogen and oxygen atoms in total. The van der Waals surface area contributed by atoms with E-state index in [0.29, 0.717) is 11.6 Å². The fourth-order valence-corrected chi connectivity index (χ4v) is 3.08. The van der Waals surface area contributed by atoms with Crippen molar-refractivity contribution in [2.45, 2.75) is 17.7 Å². The molecule has 0 radical (unpaired) electrons. The van der Waals surface area contributed by atoms with Crippen LogP contribution in [-0.2, 0) is 7.05 Å². The Balaban J connectivity index is 2.07. The first-order valence-corrected chi connectivity index (χ1v) is 9.41. The van der Waals surface area contributed by atoms with Crippen molar-refractivity contribution in [2.24, 2.45) is 13.0 Å². The lowest BCUT2D eigenvalue weighted by atomic mass is 10.1. The Labute approximate surface area is 147 Å². The highest BCUT2D eigenvalue weighted by atomic mass is 32.2. The molecule has 24 heavy (non-hydrogen) atoms. The van der Waals surface area contributed by atoms with Gasteiger partial charge in [-0.2, -0.15) is 0 Å². The van der Waals surface area contributed by atoms with E-state index in [1.807, 2.05) is 37.3 Å². The SMILES string of the molecule is CSc1ccc(OCC2CC2)c(-c2cc(N(C)C)c(=O)n(C)c2)c1. The lowest BCUT2D eigenvalue weighted by molar-refractivity contribution is 0.301. The predicted molar refractivity (Wildman–Crippen MR) is 101 cm³/mol. The van der Waals surface area contributed by atoms with Crippen LogP contribution in [0.1, 0.15) is 12.8 Å². The van der Waals surface area contributed by atoms with Crippen molar-refractivity contribution in [3.63, 3.8) is 0 Å². The first kappa shape index (κ1) is 17.0. The molecule has 1 fully saturated rings. The summed E-state index contributed by atoms with van der Waals surface area (Å²) in [5.41, 5.74) is 2.73. The molecule has 0 bridgehead atoms. The van der Waals surface area contributed by atoms with Crippen molar-refractivity contribution in [2.75, 3.05) is 31.9 Å². The molecule has 0 N–H and O–H groups in total. The lowest BCUT2D eigenvalue weighted by Gasteiger charge is -2.17. The molecule has 1 aromatic heterocycles. The highest BCUT2D eigenvalue weighted by Gasteiger charge is 2.22. The van der Waals surface area contributed by atoms with E-state index in [1.54, 1.807) is 23.4 Å². The van der Waals surface area contributed by atoms with Crippen molar-refractivity contribution in [3.8, 4) is 16.9 Å². The third-order valence-electron chi connectivity index (χ3n) is 4.32. The van der Waals surface area contributed by atoms with E-state index in [9.17, 15) is 4.79 Å². The van der Waals surface area contributed by atoms with E-state index >= 15 is 0 Å². The van der Waals surface area contributed by atoms with Gasteiger partial charge >= 0.3 is 0 Å². The van der Waals surface area contributed by atoms with E-state index in [0.717, 1.165) is 23.5 Å². The highest BCUT2D eigenvalue weighted by Crippen LogP contribution is 2.36. The Morgan fingerprint density at radius 2 is 2.04 bits per heavy atom. The van der Waals surface area contributed by atoms with Crippen LogP contribution in [0.2, 0.25) is 0 Å². The van der Waals surface area contributed by atoms with Gasteiger partial charge in [-0.3, -0.25) is 4.79 Å². The number of hydrogen-bond acceptors (Lipinski definition) is 4. The second-order valence-electron chi connectivity index (χ2n) is 6.54. The third-order valence-corrected chi connectivity index (χ3v) is 5.04. The minimum absolute atomic E-state index is 0.00483. The summed E-state index contributed by atoms with van der Waals surface area (Å²) in [4.78, 5) is 15.4. The van der Waals surface area contributed by atoms with Gasteiger partial charge in [0.15, 0.2) is 0 Å². The van der Waals surface area contributed by atoms with E-state index in [1.165, 1.54) is 17.7 Å². The smallest absolute Gasteiger partial charge is 0.273 e. The van der Waals surface area contributed by atoms with Crippen molar-refractivity contribution in [3.05, 3.63) is 40.8 Å². The predicted octanol–water partition coefficient (Wildman–Crippen LogP) is 3.63. The quantitative estimate of drug-likeness (QED) is 0.750. The first-order valence-electron chi connectivity index (χ1n) is 8.19. The molecule has 3 rings (SSSR count). The Kier molecular flexibility index (Phi) is 4.90. The van der Waals surface area contributed by atoms with Crippen LogP contribution in [0.5, 0.6) is 5.75 Å². The van der Waals surface area contributed by atoms with Crippen LogP contribution in [0.25, 0.3) is 11.1 Å². The molecule has 0 atom stereocenters. The van der Waals surface area contributed by atoms with Gasteiger partial charge in [0.25, 0.3) is 5.56 Å². The van der Waals surface area contributed by atoms with Gasteiger partial charge in [-0.15, -0.1) is 11.8 Å². The van der Waals surface area contributed by atoms with E-state index in [4.69, 9.17) is 4.74 Å². The number of hydrogen-bond donors (Lipinski definition) is 0. The zero-order valence-corrected chi connectivity index (χ0v) is 15.5. The number of benzene rings is 1. The van der Waals surface area contributed by atoms with Crippen molar-refractivity contribution in [1.82, 2.24) is 4.57 Å². The van der Waals surface area contributed by atoms with E-state index in [2.05, 4.69) is 18.4 Å². The standard InChI is InChI=1S/C19H24N2O2S/c1-20(2)17-9-14(11-21(3)19(17)22)16-10-15(24-4)7-8-18(16)23-12-13-5-6-13/h7-11,13H,5-6,12H2,1-4H3. The van der Waals surface area contributed by atoms with Gasteiger partial charge < -0.3 is 14.2 Å². The summed E-state index contributed by atoms with van der Waals surface area (Å²) in [7, 11) is 5.58. The van der Waals surface area contributed by atoms with Gasteiger partial charge in [-0.25, -0.2) is 0 Å². The largest absolute Gasteiger partial charge is 0.493 e.